The number of amides is 2. The van der Waals surface area contributed by atoms with Gasteiger partial charge in [-0.25, -0.2) is 4.39 Å². The van der Waals surface area contributed by atoms with E-state index < -0.39 is 6.04 Å². The summed E-state index contributed by atoms with van der Waals surface area (Å²) in [4.78, 5) is 28.6. The lowest BCUT2D eigenvalue weighted by Gasteiger charge is -2.32. The first kappa shape index (κ1) is 26.7. The van der Waals surface area contributed by atoms with E-state index in [1.165, 1.54) is 12.1 Å². The van der Waals surface area contributed by atoms with Crippen LogP contribution in [-0.2, 0) is 29.0 Å². The third-order valence-corrected chi connectivity index (χ3v) is 6.30. The molecule has 0 heterocycles. The van der Waals surface area contributed by atoms with Crippen LogP contribution in [0.3, 0.4) is 0 Å². The van der Waals surface area contributed by atoms with Crippen LogP contribution < -0.4 is 5.32 Å². The van der Waals surface area contributed by atoms with Gasteiger partial charge < -0.3 is 10.2 Å². The molecule has 4 nitrogen and oxygen atoms in total. The number of carbonyl (C=O) groups is 2. The van der Waals surface area contributed by atoms with Gasteiger partial charge in [-0.3, -0.25) is 9.59 Å². The highest BCUT2D eigenvalue weighted by molar-refractivity contribution is 6.42. The second kappa shape index (κ2) is 12.7. The maximum absolute atomic E-state index is 13.6. The molecule has 35 heavy (non-hydrogen) atoms. The lowest BCUT2D eigenvalue weighted by Crippen LogP contribution is -2.51. The molecule has 0 fully saturated rings. The first-order chi connectivity index (χ1) is 16.7. The fourth-order valence-electron chi connectivity index (χ4n) is 3.69. The second-order valence-corrected chi connectivity index (χ2v) is 9.73. The van der Waals surface area contributed by atoms with E-state index in [0.29, 0.717) is 28.6 Å². The minimum absolute atomic E-state index is 0.0321. The van der Waals surface area contributed by atoms with E-state index >= 15 is 0 Å². The van der Waals surface area contributed by atoms with Crippen LogP contribution in [0.2, 0.25) is 10.0 Å². The number of rotatable bonds is 10. The second-order valence-electron chi connectivity index (χ2n) is 8.92. The van der Waals surface area contributed by atoms with Gasteiger partial charge in [-0.15, -0.1) is 0 Å². The van der Waals surface area contributed by atoms with Gasteiger partial charge in [-0.05, 0) is 46.9 Å². The molecule has 3 aromatic rings. The number of carbonyl (C=O) groups excluding carboxylic acids is 2. The average molecular weight is 515 g/mol. The predicted molar refractivity (Wildman–Crippen MR) is 139 cm³/mol. The van der Waals surface area contributed by atoms with Crippen molar-refractivity contribution in [3.8, 4) is 0 Å². The van der Waals surface area contributed by atoms with Crippen molar-refractivity contribution in [2.24, 2.45) is 5.92 Å². The molecule has 0 aromatic heterocycles. The number of nitrogens with zero attached hydrogens (tertiary/aromatic N) is 1. The van der Waals surface area contributed by atoms with Crippen molar-refractivity contribution in [2.75, 3.05) is 6.54 Å². The van der Waals surface area contributed by atoms with Gasteiger partial charge in [0.25, 0.3) is 0 Å². The molecule has 1 N–H and O–H groups in total. The fraction of sp³-hybridized carbons (Fsp3) is 0.286. The molecule has 184 valence electrons. The maximum atomic E-state index is 13.6. The van der Waals surface area contributed by atoms with Gasteiger partial charge in [0.2, 0.25) is 11.8 Å². The van der Waals surface area contributed by atoms with E-state index in [1.54, 1.807) is 35.2 Å². The summed E-state index contributed by atoms with van der Waals surface area (Å²) in [6.45, 7) is 4.69. The molecule has 1 atom stereocenters. The Labute approximate surface area is 216 Å². The summed E-state index contributed by atoms with van der Waals surface area (Å²) in [5.41, 5.74) is 2.35. The molecule has 0 aliphatic rings. The summed E-state index contributed by atoms with van der Waals surface area (Å²) >= 11 is 12.3. The quantitative estimate of drug-likeness (QED) is 0.356. The third kappa shape index (κ3) is 8.08. The van der Waals surface area contributed by atoms with E-state index in [9.17, 15) is 14.0 Å². The summed E-state index contributed by atoms with van der Waals surface area (Å²) in [7, 11) is 0. The Morgan fingerprint density at radius 3 is 2.17 bits per heavy atom. The maximum Gasteiger partial charge on any atom is 0.243 e. The van der Waals surface area contributed by atoms with Crippen molar-refractivity contribution < 1.29 is 14.0 Å². The van der Waals surface area contributed by atoms with Gasteiger partial charge in [0.15, 0.2) is 0 Å². The van der Waals surface area contributed by atoms with Crippen molar-refractivity contribution in [2.45, 2.75) is 39.3 Å². The summed E-state index contributed by atoms with van der Waals surface area (Å²) in [6, 6.07) is 19.8. The Kier molecular flexibility index (Phi) is 9.70. The number of benzene rings is 3. The minimum atomic E-state index is -0.751. The van der Waals surface area contributed by atoms with E-state index in [2.05, 4.69) is 5.32 Å². The topological polar surface area (TPSA) is 49.4 Å². The largest absolute Gasteiger partial charge is 0.354 e. The summed E-state index contributed by atoms with van der Waals surface area (Å²) in [5, 5.41) is 3.77. The number of hydrogen-bond acceptors (Lipinski definition) is 2. The van der Waals surface area contributed by atoms with Crippen molar-refractivity contribution in [3.05, 3.63) is 105 Å². The molecule has 0 unspecified atom stereocenters. The van der Waals surface area contributed by atoms with Crippen molar-refractivity contribution >= 4 is 35.0 Å². The Morgan fingerprint density at radius 1 is 0.886 bits per heavy atom. The molecular weight excluding hydrogens is 486 g/mol. The zero-order chi connectivity index (χ0) is 25.4. The van der Waals surface area contributed by atoms with Gasteiger partial charge in [-0.2, -0.15) is 0 Å². The predicted octanol–water partition coefficient (Wildman–Crippen LogP) is 6.09. The van der Waals surface area contributed by atoms with E-state index in [-0.39, 0.29) is 36.5 Å². The molecule has 0 aliphatic heterocycles. The molecule has 0 bridgehead atoms. The van der Waals surface area contributed by atoms with E-state index in [4.69, 9.17) is 23.2 Å². The smallest absolute Gasteiger partial charge is 0.243 e. The van der Waals surface area contributed by atoms with Gasteiger partial charge in [0, 0.05) is 19.5 Å². The molecule has 0 aliphatic carbocycles. The molecule has 3 aromatic carbocycles. The Bertz CT molecular complexity index is 1140. The molecule has 3 rings (SSSR count). The SMILES string of the molecule is CC(C)CNC(=O)[C@@H](Cc1ccccc1)N(Cc1ccc(Cl)c(Cl)c1)C(=O)Cc1ccc(F)cc1. The summed E-state index contributed by atoms with van der Waals surface area (Å²) in [5.74, 6) is -0.586. The molecule has 0 saturated heterocycles. The molecule has 0 spiro atoms. The van der Waals surface area contributed by atoms with Crippen LogP contribution in [-0.4, -0.2) is 29.3 Å². The zero-order valence-electron chi connectivity index (χ0n) is 19.8. The third-order valence-electron chi connectivity index (χ3n) is 5.56. The van der Waals surface area contributed by atoms with Crippen LogP contribution >= 0.6 is 23.2 Å². The van der Waals surface area contributed by atoms with Crippen molar-refractivity contribution in [1.82, 2.24) is 10.2 Å². The molecule has 7 heteroatoms. The highest BCUT2D eigenvalue weighted by Crippen LogP contribution is 2.24. The lowest BCUT2D eigenvalue weighted by atomic mass is 10.0. The van der Waals surface area contributed by atoms with Crippen molar-refractivity contribution in [1.29, 1.82) is 0 Å². The summed E-state index contributed by atoms with van der Waals surface area (Å²) in [6.07, 6.45) is 0.381. The lowest BCUT2D eigenvalue weighted by molar-refractivity contribution is -0.140. The number of hydrogen-bond donors (Lipinski definition) is 1. The number of halogens is 3. The molecular formula is C28H29Cl2FN2O2. The van der Waals surface area contributed by atoms with Crippen molar-refractivity contribution in [3.63, 3.8) is 0 Å². The molecule has 0 radical (unpaired) electrons. The molecule has 2 amide bonds. The highest BCUT2D eigenvalue weighted by Gasteiger charge is 2.30. The molecule has 0 saturated carbocycles. The minimum Gasteiger partial charge on any atom is -0.354 e. The van der Waals surface area contributed by atoms with E-state index in [0.717, 1.165) is 11.1 Å². The standard InChI is InChI=1S/C28H29Cl2FN2O2/c1-19(2)17-32-28(35)26(15-20-6-4-3-5-7-20)33(18-22-10-13-24(29)25(30)14-22)27(34)16-21-8-11-23(31)12-9-21/h3-14,19,26H,15-18H2,1-2H3,(H,32,35)/t26-/m1/s1. The average Bonchev–Trinajstić information content (AvgIpc) is 2.84. The van der Waals surface area contributed by atoms with Crippen LogP contribution in [0.4, 0.5) is 4.39 Å². The van der Waals surface area contributed by atoms with Gasteiger partial charge in [0.1, 0.15) is 11.9 Å². The highest BCUT2D eigenvalue weighted by atomic mass is 35.5. The van der Waals surface area contributed by atoms with Crippen LogP contribution in [0.1, 0.15) is 30.5 Å². The first-order valence-corrected chi connectivity index (χ1v) is 12.3. The van der Waals surface area contributed by atoms with Gasteiger partial charge in [0.05, 0.1) is 16.5 Å². The van der Waals surface area contributed by atoms with Crippen LogP contribution in [0.5, 0.6) is 0 Å². The monoisotopic (exact) mass is 514 g/mol. The van der Waals surface area contributed by atoms with Gasteiger partial charge >= 0.3 is 0 Å². The first-order valence-electron chi connectivity index (χ1n) is 11.5. The van der Waals surface area contributed by atoms with Crippen LogP contribution in [0, 0.1) is 11.7 Å². The number of nitrogens with one attached hydrogen (secondary N) is 1. The van der Waals surface area contributed by atoms with E-state index in [1.807, 2.05) is 44.2 Å². The normalized spacial score (nSPS) is 11.8. The summed E-state index contributed by atoms with van der Waals surface area (Å²) < 4.78 is 13.4. The van der Waals surface area contributed by atoms with Crippen LogP contribution in [0.25, 0.3) is 0 Å². The van der Waals surface area contributed by atoms with Crippen LogP contribution in [0.15, 0.2) is 72.8 Å². The zero-order valence-corrected chi connectivity index (χ0v) is 21.3. The fourth-order valence-corrected chi connectivity index (χ4v) is 4.01. The Hall–Kier alpha value is -2.89. The Morgan fingerprint density at radius 2 is 1.54 bits per heavy atom. The van der Waals surface area contributed by atoms with Gasteiger partial charge in [-0.1, -0.05) is 85.6 Å². The Balaban J connectivity index is 1.96.